The van der Waals surface area contributed by atoms with Crippen molar-refractivity contribution < 1.29 is 9.90 Å². The van der Waals surface area contributed by atoms with Crippen LogP contribution in [0.15, 0.2) is 17.5 Å². The van der Waals surface area contributed by atoms with Crippen molar-refractivity contribution in [3.05, 3.63) is 22.4 Å². The normalized spacial score (nSPS) is 13.3. The fourth-order valence-corrected chi connectivity index (χ4v) is 2.50. The summed E-state index contributed by atoms with van der Waals surface area (Å²) in [6.45, 7) is 6.72. The van der Waals surface area contributed by atoms with Gasteiger partial charge in [-0.2, -0.15) is 0 Å². The van der Waals surface area contributed by atoms with Crippen LogP contribution in [0.4, 0.5) is 0 Å². The Balaban J connectivity index is 2.77. The standard InChI is InChI=1S/C12H19NO2S/c1-4-11(12(14)15)13(9(2)3)8-10-6-5-7-16-10/h5-7,9,11H,4,8H2,1-3H3,(H,14,15). The van der Waals surface area contributed by atoms with Gasteiger partial charge in [-0.05, 0) is 31.7 Å². The second-order valence-electron chi connectivity index (χ2n) is 4.11. The van der Waals surface area contributed by atoms with Crippen molar-refractivity contribution in [3.8, 4) is 0 Å². The number of thiophene rings is 1. The van der Waals surface area contributed by atoms with Gasteiger partial charge in [0.25, 0.3) is 0 Å². The van der Waals surface area contributed by atoms with E-state index in [1.54, 1.807) is 11.3 Å². The molecule has 4 heteroatoms. The van der Waals surface area contributed by atoms with E-state index in [1.807, 2.05) is 37.1 Å². The molecule has 0 aromatic carbocycles. The van der Waals surface area contributed by atoms with Crippen LogP contribution in [0.3, 0.4) is 0 Å². The van der Waals surface area contributed by atoms with Crippen LogP contribution in [-0.4, -0.2) is 28.1 Å². The molecule has 1 aromatic rings. The number of carboxylic acids is 1. The number of aliphatic carboxylic acids is 1. The minimum Gasteiger partial charge on any atom is -0.480 e. The van der Waals surface area contributed by atoms with Crippen LogP contribution in [-0.2, 0) is 11.3 Å². The number of carboxylic acid groups (broad SMARTS) is 1. The topological polar surface area (TPSA) is 40.5 Å². The number of hydrogen-bond donors (Lipinski definition) is 1. The summed E-state index contributed by atoms with van der Waals surface area (Å²) in [6, 6.07) is 3.90. The van der Waals surface area contributed by atoms with Crippen LogP contribution < -0.4 is 0 Å². The SMILES string of the molecule is CCC(C(=O)O)N(Cc1cccs1)C(C)C. The third-order valence-electron chi connectivity index (χ3n) is 2.65. The van der Waals surface area contributed by atoms with Gasteiger partial charge in [0.15, 0.2) is 0 Å². The van der Waals surface area contributed by atoms with Crippen molar-refractivity contribution >= 4 is 17.3 Å². The van der Waals surface area contributed by atoms with Crippen molar-refractivity contribution in [2.75, 3.05) is 0 Å². The first-order chi connectivity index (χ1) is 7.56. The molecular formula is C12H19NO2S. The fraction of sp³-hybridized carbons (Fsp3) is 0.583. The average Bonchev–Trinajstić information content (AvgIpc) is 2.69. The molecule has 1 unspecified atom stereocenters. The van der Waals surface area contributed by atoms with E-state index in [0.29, 0.717) is 6.42 Å². The van der Waals surface area contributed by atoms with E-state index in [4.69, 9.17) is 0 Å². The summed E-state index contributed by atoms with van der Waals surface area (Å²) in [4.78, 5) is 14.4. The Morgan fingerprint density at radius 3 is 2.62 bits per heavy atom. The van der Waals surface area contributed by atoms with E-state index in [0.717, 1.165) is 6.54 Å². The summed E-state index contributed by atoms with van der Waals surface area (Å²) in [6.07, 6.45) is 0.638. The first-order valence-corrected chi connectivity index (χ1v) is 6.45. The van der Waals surface area contributed by atoms with Crippen molar-refractivity contribution in [1.82, 2.24) is 4.90 Å². The summed E-state index contributed by atoms with van der Waals surface area (Å²) in [5, 5.41) is 11.2. The third-order valence-corrected chi connectivity index (χ3v) is 3.52. The lowest BCUT2D eigenvalue weighted by Gasteiger charge is -2.31. The van der Waals surface area contributed by atoms with Crippen molar-refractivity contribution in [3.63, 3.8) is 0 Å². The van der Waals surface area contributed by atoms with E-state index >= 15 is 0 Å². The van der Waals surface area contributed by atoms with Gasteiger partial charge in [0.2, 0.25) is 0 Å². The van der Waals surface area contributed by atoms with Crippen molar-refractivity contribution in [2.45, 2.75) is 45.8 Å². The van der Waals surface area contributed by atoms with Gasteiger partial charge in [-0.1, -0.05) is 13.0 Å². The summed E-state index contributed by atoms with van der Waals surface area (Å²) >= 11 is 1.67. The second kappa shape index (κ2) is 6.01. The van der Waals surface area contributed by atoms with Gasteiger partial charge in [0.1, 0.15) is 6.04 Å². The van der Waals surface area contributed by atoms with Gasteiger partial charge in [0.05, 0.1) is 0 Å². The monoisotopic (exact) mass is 241 g/mol. The molecule has 0 bridgehead atoms. The van der Waals surface area contributed by atoms with Gasteiger partial charge in [0, 0.05) is 17.5 Å². The largest absolute Gasteiger partial charge is 0.480 e. The Kier molecular flexibility index (Phi) is 4.96. The predicted molar refractivity (Wildman–Crippen MR) is 66.7 cm³/mol. The molecule has 0 aliphatic heterocycles. The Labute approximate surface area is 101 Å². The van der Waals surface area contributed by atoms with Crippen LogP contribution in [0.2, 0.25) is 0 Å². The highest BCUT2D eigenvalue weighted by Crippen LogP contribution is 2.18. The molecule has 0 saturated carbocycles. The zero-order chi connectivity index (χ0) is 12.1. The van der Waals surface area contributed by atoms with Crippen LogP contribution >= 0.6 is 11.3 Å². The lowest BCUT2D eigenvalue weighted by atomic mass is 10.1. The van der Waals surface area contributed by atoms with Gasteiger partial charge in [-0.25, -0.2) is 0 Å². The zero-order valence-electron chi connectivity index (χ0n) is 10.0. The minimum atomic E-state index is -0.729. The van der Waals surface area contributed by atoms with E-state index in [-0.39, 0.29) is 12.1 Å². The highest BCUT2D eigenvalue weighted by atomic mass is 32.1. The minimum absolute atomic E-state index is 0.239. The van der Waals surface area contributed by atoms with Gasteiger partial charge >= 0.3 is 5.97 Å². The molecule has 0 radical (unpaired) electrons. The van der Waals surface area contributed by atoms with E-state index in [1.165, 1.54) is 4.88 Å². The van der Waals surface area contributed by atoms with Crippen LogP contribution in [0.1, 0.15) is 32.1 Å². The van der Waals surface area contributed by atoms with E-state index in [9.17, 15) is 9.90 Å². The number of carbonyl (C=O) groups is 1. The number of nitrogens with zero attached hydrogens (tertiary/aromatic N) is 1. The first kappa shape index (κ1) is 13.2. The highest BCUT2D eigenvalue weighted by Gasteiger charge is 2.26. The molecule has 0 aliphatic carbocycles. The smallest absolute Gasteiger partial charge is 0.320 e. The molecule has 1 atom stereocenters. The molecule has 1 rings (SSSR count). The number of hydrogen-bond acceptors (Lipinski definition) is 3. The third kappa shape index (κ3) is 3.32. The molecule has 1 N–H and O–H groups in total. The summed E-state index contributed by atoms with van der Waals surface area (Å²) < 4.78 is 0. The molecule has 16 heavy (non-hydrogen) atoms. The van der Waals surface area contributed by atoms with Crippen LogP contribution in [0.5, 0.6) is 0 Å². The van der Waals surface area contributed by atoms with E-state index in [2.05, 4.69) is 6.07 Å². The molecular weight excluding hydrogens is 222 g/mol. The van der Waals surface area contributed by atoms with Gasteiger partial charge in [-0.15, -0.1) is 11.3 Å². The number of rotatable bonds is 6. The quantitative estimate of drug-likeness (QED) is 0.832. The molecule has 0 amide bonds. The second-order valence-corrected chi connectivity index (χ2v) is 5.14. The van der Waals surface area contributed by atoms with Crippen LogP contribution in [0.25, 0.3) is 0 Å². The Morgan fingerprint density at radius 2 is 2.25 bits per heavy atom. The lowest BCUT2D eigenvalue weighted by Crippen LogP contribution is -2.44. The Morgan fingerprint density at radius 1 is 1.56 bits per heavy atom. The predicted octanol–water partition coefficient (Wildman–Crippen LogP) is 2.82. The molecule has 1 aromatic heterocycles. The van der Waals surface area contributed by atoms with Crippen LogP contribution in [0, 0.1) is 0 Å². The summed E-state index contributed by atoms with van der Waals surface area (Å²) in [5.74, 6) is -0.729. The molecule has 0 spiro atoms. The highest BCUT2D eigenvalue weighted by molar-refractivity contribution is 7.09. The summed E-state index contributed by atoms with van der Waals surface area (Å²) in [5.41, 5.74) is 0. The maximum absolute atomic E-state index is 11.2. The fourth-order valence-electron chi connectivity index (χ4n) is 1.79. The van der Waals surface area contributed by atoms with E-state index < -0.39 is 5.97 Å². The first-order valence-electron chi connectivity index (χ1n) is 5.57. The molecule has 0 fully saturated rings. The van der Waals surface area contributed by atoms with Gasteiger partial charge < -0.3 is 5.11 Å². The maximum Gasteiger partial charge on any atom is 0.320 e. The molecule has 0 saturated heterocycles. The molecule has 90 valence electrons. The van der Waals surface area contributed by atoms with Crippen molar-refractivity contribution in [1.29, 1.82) is 0 Å². The maximum atomic E-state index is 11.2. The lowest BCUT2D eigenvalue weighted by molar-refractivity contribution is -0.144. The van der Waals surface area contributed by atoms with Gasteiger partial charge in [-0.3, -0.25) is 9.69 Å². The Bertz CT molecular complexity index is 322. The molecule has 3 nitrogen and oxygen atoms in total. The molecule has 1 heterocycles. The zero-order valence-corrected chi connectivity index (χ0v) is 10.8. The Hall–Kier alpha value is -0.870. The van der Waals surface area contributed by atoms with Crippen molar-refractivity contribution in [2.24, 2.45) is 0 Å². The summed E-state index contributed by atoms with van der Waals surface area (Å²) in [7, 11) is 0. The average molecular weight is 241 g/mol. The molecule has 0 aliphatic rings.